The van der Waals surface area contributed by atoms with Crippen LogP contribution in [-0.4, -0.2) is 15.9 Å². The zero-order chi connectivity index (χ0) is 11.4. The van der Waals surface area contributed by atoms with Crippen LogP contribution in [0.4, 0.5) is 5.82 Å². The number of amides is 1. The third-order valence-corrected chi connectivity index (χ3v) is 2.37. The van der Waals surface area contributed by atoms with Gasteiger partial charge in [0.05, 0.1) is 5.56 Å². The lowest BCUT2D eigenvalue weighted by Crippen LogP contribution is -2.12. The molecule has 5 heteroatoms. The van der Waals surface area contributed by atoms with Crippen LogP contribution in [0.15, 0.2) is 47.3 Å². The van der Waals surface area contributed by atoms with Crippen molar-refractivity contribution in [3.63, 3.8) is 0 Å². The average molecular weight is 278 g/mol. The van der Waals surface area contributed by atoms with Gasteiger partial charge in [-0.2, -0.15) is 0 Å². The van der Waals surface area contributed by atoms with Crippen molar-refractivity contribution in [2.45, 2.75) is 0 Å². The van der Waals surface area contributed by atoms with Crippen LogP contribution in [0.5, 0.6) is 0 Å². The van der Waals surface area contributed by atoms with Gasteiger partial charge in [0.1, 0.15) is 10.4 Å². The zero-order valence-corrected chi connectivity index (χ0v) is 9.81. The highest BCUT2D eigenvalue weighted by Gasteiger charge is 2.06. The minimum Gasteiger partial charge on any atom is -0.307 e. The van der Waals surface area contributed by atoms with E-state index >= 15 is 0 Å². The fourth-order valence-electron chi connectivity index (χ4n) is 1.14. The lowest BCUT2D eigenvalue weighted by molar-refractivity contribution is 0.102. The van der Waals surface area contributed by atoms with Gasteiger partial charge in [0.25, 0.3) is 5.91 Å². The molecule has 0 unspecified atom stereocenters. The zero-order valence-electron chi connectivity index (χ0n) is 8.22. The van der Waals surface area contributed by atoms with Crippen molar-refractivity contribution in [2.75, 3.05) is 5.32 Å². The first kappa shape index (κ1) is 10.8. The first-order chi connectivity index (χ1) is 7.75. The van der Waals surface area contributed by atoms with Crippen LogP contribution in [0.1, 0.15) is 10.4 Å². The van der Waals surface area contributed by atoms with Crippen molar-refractivity contribution in [1.82, 2.24) is 9.97 Å². The number of carbonyl (C=O) groups excluding carboxylic acids is 1. The predicted molar refractivity (Wildman–Crippen MR) is 64.1 cm³/mol. The summed E-state index contributed by atoms with van der Waals surface area (Å²) in [6.07, 6.45) is 3.12. The van der Waals surface area contributed by atoms with Gasteiger partial charge in [-0.25, -0.2) is 9.97 Å². The Bertz CT molecular complexity index is 484. The van der Waals surface area contributed by atoms with Gasteiger partial charge in [-0.15, -0.1) is 0 Å². The normalized spacial score (nSPS) is 9.81. The quantitative estimate of drug-likeness (QED) is 0.859. The van der Waals surface area contributed by atoms with Crippen LogP contribution < -0.4 is 5.32 Å². The molecule has 0 aliphatic carbocycles. The number of carbonyl (C=O) groups is 1. The summed E-state index contributed by atoms with van der Waals surface area (Å²) in [6.45, 7) is 0. The summed E-state index contributed by atoms with van der Waals surface area (Å²) in [5, 5.41) is 2.67. The van der Waals surface area contributed by atoms with E-state index in [4.69, 9.17) is 0 Å². The maximum Gasteiger partial charge on any atom is 0.258 e. The molecule has 0 aliphatic heterocycles. The molecule has 1 N–H and O–H groups in total. The van der Waals surface area contributed by atoms with Crippen molar-refractivity contribution >= 4 is 27.7 Å². The van der Waals surface area contributed by atoms with Gasteiger partial charge in [0.15, 0.2) is 0 Å². The van der Waals surface area contributed by atoms with Crippen LogP contribution in [0, 0.1) is 0 Å². The molecule has 0 aromatic carbocycles. The monoisotopic (exact) mass is 277 g/mol. The molecule has 1 amide bonds. The van der Waals surface area contributed by atoms with Crippen LogP contribution in [0.25, 0.3) is 0 Å². The number of hydrogen-bond acceptors (Lipinski definition) is 3. The number of hydrogen-bond donors (Lipinski definition) is 1. The number of anilines is 1. The molecular weight excluding hydrogens is 270 g/mol. The Labute approximate surface area is 101 Å². The van der Waals surface area contributed by atoms with E-state index in [1.54, 1.807) is 30.5 Å². The standard InChI is InChI=1S/C11H8BrN3O/c12-9-5-4-8(7-14-9)11(16)15-10-3-1-2-6-13-10/h1-7H,(H,13,15,16). The second-order valence-electron chi connectivity index (χ2n) is 3.04. The number of nitrogens with one attached hydrogen (secondary N) is 1. The van der Waals surface area contributed by atoms with E-state index < -0.39 is 0 Å². The summed E-state index contributed by atoms with van der Waals surface area (Å²) in [4.78, 5) is 19.7. The van der Waals surface area contributed by atoms with E-state index in [-0.39, 0.29) is 5.91 Å². The summed E-state index contributed by atoms with van der Waals surface area (Å²) in [5.74, 6) is 0.300. The smallest absolute Gasteiger partial charge is 0.258 e. The molecule has 2 heterocycles. The van der Waals surface area contributed by atoms with Crippen LogP contribution in [-0.2, 0) is 0 Å². The highest BCUT2D eigenvalue weighted by molar-refractivity contribution is 9.10. The van der Waals surface area contributed by atoms with Crippen LogP contribution >= 0.6 is 15.9 Å². The number of nitrogens with zero attached hydrogens (tertiary/aromatic N) is 2. The lowest BCUT2D eigenvalue weighted by atomic mass is 10.3. The second-order valence-corrected chi connectivity index (χ2v) is 3.85. The predicted octanol–water partition coefficient (Wildman–Crippen LogP) is 2.49. The Morgan fingerprint density at radius 1 is 1.19 bits per heavy atom. The molecular formula is C11H8BrN3O. The van der Waals surface area contributed by atoms with Crippen molar-refractivity contribution in [3.05, 3.63) is 52.9 Å². The maximum absolute atomic E-state index is 11.7. The van der Waals surface area contributed by atoms with Gasteiger partial charge in [0.2, 0.25) is 0 Å². The molecule has 4 nitrogen and oxygen atoms in total. The molecule has 0 spiro atoms. The highest BCUT2D eigenvalue weighted by Crippen LogP contribution is 2.08. The van der Waals surface area contributed by atoms with Gasteiger partial charge < -0.3 is 5.32 Å². The fraction of sp³-hybridized carbons (Fsp3) is 0. The van der Waals surface area contributed by atoms with Crippen molar-refractivity contribution in [1.29, 1.82) is 0 Å². The number of aromatic nitrogens is 2. The summed E-state index contributed by atoms with van der Waals surface area (Å²) in [7, 11) is 0. The molecule has 0 saturated heterocycles. The molecule has 16 heavy (non-hydrogen) atoms. The summed E-state index contributed by atoms with van der Waals surface area (Å²) >= 11 is 3.21. The number of rotatable bonds is 2. The van der Waals surface area contributed by atoms with Crippen molar-refractivity contribution < 1.29 is 4.79 Å². The Morgan fingerprint density at radius 2 is 2.06 bits per heavy atom. The van der Waals surface area contributed by atoms with E-state index in [1.165, 1.54) is 6.20 Å². The minimum absolute atomic E-state index is 0.223. The van der Waals surface area contributed by atoms with Gasteiger partial charge in [-0.1, -0.05) is 6.07 Å². The number of halogens is 1. The van der Waals surface area contributed by atoms with Gasteiger partial charge in [0, 0.05) is 12.4 Å². The van der Waals surface area contributed by atoms with Gasteiger partial charge in [-0.05, 0) is 40.2 Å². The fourth-order valence-corrected chi connectivity index (χ4v) is 1.37. The average Bonchev–Trinajstić information content (AvgIpc) is 2.31. The molecule has 80 valence electrons. The molecule has 2 aromatic rings. The Kier molecular flexibility index (Phi) is 3.26. The molecule has 2 aromatic heterocycles. The first-order valence-corrected chi connectivity index (χ1v) is 5.39. The van der Waals surface area contributed by atoms with Crippen molar-refractivity contribution in [2.24, 2.45) is 0 Å². The molecule has 2 rings (SSSR count). The van der Waals surface area contributed by atoms with Crippen LogP contribution in [0.2, 0.25) is 0 Å². The Hall–Kier alpha value is -1.75. The van der Waals surface area contributed by atoms with Gasteiger partial charge in [-0.3, -0.25) is 4.79 Å². The van der Waals surface area contributed by atoms with Gasteiger partial charge >= 0.3 is 0 Å². The van der Waals surface area contributed by atoms with Crippen molar-refractivity contribution in [3.8, 4) is 0 Å². The maximum atomic E-state index is 11.7. The van der Waals surface area contributed by atoms with E-state index in [9.17, 15) is 4.79 Å². The van der Waals surface area contributed by atoms with Crippen LogP contribution in [0.3, 0.4) is 0 Å². The molecule has 0 fully saturated rings. The van der Waals surface area contributed by atoms with E-state index in [0.717, 1.165) is 0 Å². The third kappa shape index (κ3) is 2.64. The summed E-state index contributed by atoms with van der Waals surface area (Å²) in [6, 6.07) is 8.73. The summed E-state index contributed by atoms with van der Waals surface area (Å²) in [5.41, 5.74) is 0.494. The lowest BCUT2D eigenvalue weighted by Gasteiger charge is -2.03. The molecule has 0 aliphatic rings. The highest BCUT2D eigenvalue weighted by atomic mass is 79.9. The largest absolute Gasteiger partial charge is 0.307 e. The number of pyridine rings is 2. The molecule has 0 saturated carbocycles. The minimum atomic E-state index is -0.223. The molecule has 0 radical (unpaired) electrons. The second kappa shape index (κ2) is 4.85. The molecule has 0 atom stereocenters. The van der Waals surface area contributed by atoms with E-state index in [1.807, 2.05) is 6.07 Å². The molecule has 0 bridgehead atoms. The Morgan fingerprint density at radius 3 is 2.69 bits per heavy atom. The van der Waals surface area contributed by atoms with E-state index in [0.29, 0.717) is 16.0 Å². The topological polar surface area (TPSA) is 54.9 Å². The Balaban J connectivity index is 2.12. The van der Waals surface area contributed by atoms with E-state index in [2.05, 4.69) is 31.2 Å². The first-order valence-electron chi connectivity index (χ1n) is 4.59. The SMILES string of the molecule is O=C(Nc1ccccn1)c1ccc(Br)nc1. The third-order valence-electron chi connectivity index (χ3n) is 1.90. The summed E-state index contributed by atoms with van der Waals surface area (Å²) < 4.78 is 0.696.